The zero-order chi connectivity index (χ0) is 16.0. The summed E-state index contributed by atoms with van der Waals surface area (Å²) in [4.78, 5) is 11.7. The number of carbonyl (C=O) groups excluding carboxylic acids is 1. The molecule has 0 spiro atoms. The molecule has 3 atom stereocenters. The second-order valence-corrected chi connectivity index (χ2v) is 8.23. The number of sulfone groups is 1. The van der Waals surface area contributed by atoms with Crippen LogP contribution in [0.3, 0.4) is 0 Å². The fourth-order valence-corrected chi connectivity index (χ4v) is 4.16. The summed E-state index contributed by atoms with van der Waals surface area (Å²) in [5.41, 5.74) is 5.75. The van der Waals surface area contributed by atoms with Crippen molar-refractivity contribution in [2.45, 2.75) is 36.6 Å². The van der Waals surface area contributed by atoms with E-state index < -0.39 is 27.7 Å². The Morgan fingerprint density at radius 1 is 1.52 bits per heavy atom. The summed E-state index contributed by atoms with van der Waals surface area (Å²) in [6.45, 7) is 3.66. The summed E-state index contributed by atoms with van der Waals surface area (Å²) in [5.74, 6) is -0.777. The van der Waals surface area contributed by atoms with Crippen molar-refractivity contribution in [3.05, 3.63) is 17.5 Å². The maximum atomic E-state index is 11.9. The van der Waals surface area contributed by atoms with Crippen molar-refractivity contribution >= 4 is 27.1 Å². The molecule has 0 fully saturated rings. The predicted molar refractivity (Wildman–Crippen MR) is 82.8 cm³/mol. The van der Waals surface area contributed by atoms with Gasteiger partial charge in [-0.2, -0.15) is 0 Å². The highest BCUT2D eigenvalue weighted by molar-refractivity contribution is 7.93. The zero-order valence-electron chi connectivity index (χ0n) is 12.2. The van der Waals surface area contributed by atoms with Gasteiger partial charge in [-0.15, -0.1) is 11.3 Å². The van der Waals surface area contributed by atoms with Crippen LogP contribution in [0.25, 0.3) is 0 Å². The summed E-state index contributed by atoms with van der Waals surface area (Å²) in [6.07, 6.45) is -0.394. The Hall–Kier alpha value is -0.960. The van der Waals surface area contributed by atoms with Crippen molar-refractivity contribution in [1.29, 1.82) is 0 Å². The second kappa shape index (κ2) is 7.88. The molecule has 1 aromatic heterocycles. The SMILES string of the molecule is CCC(C)C(N)C(=O)NCC(O)CS(=O)(=O)c1cccs1. The number of hydrogen-bond donors (Lipinski definition) is 3. The van der Waals surface area contributed by atoms with Gasteiger partial charge in [-0.05, 0) is 17.4 Å². The van der Waals surface area contributed by atoms with Crippen LogP contribution in [-0.4, -0.2) is 43.9 Å². The minimum Gasteiger partial charge on any atom is -0.390 e. The number of aliphatic hydroxyl groups excluding tert-OH is 1. The number of rotatable bonds is 8. The summed E-state index contributed by atoms with van der Waals surface area (Å²) in [6, 6.07) is 2.47. The number of hydrogen-bond acceptors (Lipinski definition) is 6. The lowest BCUT2D eigenvalue weighted by Crippen LogP contribution is -2.47. The molecule has 4 N–H and O–H groups in total. The van der Waals surface area contributed by atoms with Crippen LogP contribution >= 0.6 is 11.3 Å². The normalized spacial score (nSPS) is 16.2. The van der Waals surface area contributed by atoms with E-state index in [-0.39, 0.29) is 22.6 Å². The van der Waals surface area contributed by atoms with Gasteiger partial charge in [-0.1, -0.05) is 26.3 Å². The Bertz CT molecular complexity index is 543. The molecule has 1 amide bonds. The molecule has 0 aliphatic heterocycles. The topological polar surface area (TPSA) is 109 Å². The highest BCUT2D eigenvalue weighted by Crippen LogP contribution is 2.18. The monoisotopic (exact) mass is 334 g/mol. The number of thiophene rings is 1. The first-order valence-electron chi connectivity index (χ1n) is 6.75. The highest BCUT2D eigenvalue weighted by atomic mass is 32.2. The van der Waals surface area contributed by atoms with Crippen molar-refractivity contribution < 1.29 is 18.3 Å². The van der Waals surface area contributed by atoms with E-state index in [1.807, 2.05) is 13.8 Å². The van der Waals surface area contributed by atoms with E-state index in [2.05, 4.69) is 5.32 Å². The van der Waals surface area contributed by atoms with E-state index in [9.17, 15) is 18.3 Å². The van der Waals surface area contributed by atoms with Crippen molar-refractivity contribution in [2.24, 2.45) is 11.7 Å². The molecule has 1 rings (SSSR count). The van der Waals surface area contributed by atoms with Crippen LogP contribution in [0.5, 0.6) is 0 Å². The molecule has 3 unspecified atom stereocenters. The van der Waals surface area contributed by atoms with Crippen LogP contribution in [0.2, 0.25) is 0 Å². The van der Waals surface area contributed by atoms with Crippen molar-refractivity contribution in [3.63, 3.8) is 0 Å². The lowest BCUT2D eigenvalue weighted by molar-refractivity contribution is -0.123. The Morgan fingerprint density at radius 2 is 2.19 bits per heavy atom. The van der Waals surface area contributed by atoms with Crippen molar-refractivity contribution in [2.75, 3.05) is 12.3 Å². The van der Waals surface area contributed by atoms with Crippen LogP contribution in [0.4, 0.5) is 0 Å². The van der Waals surface area contributed by atoms with Gasteiger partial charge < -0.3 is 16.2 Å². The molecular weight excluding hydrogens is 312 g/mol. The Morgan fingerprint density at radius 3 is 2.71 bits per heavy atom. The first-order chi connectivity index (χ1) is 9.77. The van der Waals surface area contributed by atoms with Crippen LogP contribution in [0.15, 0.2) is 21.7 Å². The van der Waals surface area contributed by atoms with E-state index in [0.29, 0.717) is 0 Å². The zero-order valence-corrected chi connectivity index (χ0v) is 13.8. The van der Waals surface area contributed by atoms with E-state index in [1.54, 1.807) is 11.4 Å². The number of carbonyl (C=O) groups is 1. The van der Waals surface area contributed by atoms with Gasteiger partial charge in [-0.3, -0.25) is 4.79 Å². The van der Waals surface area contributed by atoms with Gasteiger partial charge in [0.05, 0.1) is 17.9 Å². The van der Waals surface area contributed by atoms with Gasteiger partial charge in [-0.25, -0.2) is 8.42 Å². The van der Waals surface area contributed by atoms with Gasteiger partial charge in [0.25, 0.3) is 0 Å². The molecule has 8 heteroatoms. The lowest BCUT2D eigenvalue weighted by atomic mass is 9.99. The molecule has 1 heterocycles. The molecular formula is C13H22N2O4S2. The van der Waals surface area contributed by atoms with E-state index >= 15 is 0 Å². The number of nitrogens with one attached hydrogen (secondary N) is 1. The van der Waals surface area contributed by atoms with E-state index in [1.165, 1.54) is 6.07 Å². The fourth-order valence-electron chi connectivity index (χ4n) is 1.68. The number of aliphatic hydroxyl groups is 1. The molecule has 0 bridgehead atoms. The maximum absolute atomic E-state index is 11.9. The average molecular weight is 334 g/mol. The standard InChI is InChI=1S/C13H22N2O4S2/c1-3-9(2)12(14)13(17)15-7-10(16)8-21(18,19)11-5-4-6-20-11/h4-6,9-10,12,16H,3,7-8,14H2,1-2H3,(H,15,17). The predicted octanol–water partition coefficient (Wildman–Crippen LogP) is 0.372. The molecule has 0 saturated heterocycles. The minimum absolute atomic E-state index is 0.0250. The molecule has 6 nitrogen and oxygen atoms in total. The van der Waals surface area contributed by atoms with Gasteiger partial charge in [0, 0.05) is 6.54 Å². The quantitative estimate of drug-likeness (QED) is 0.636. The fraction of sp³-hybridized carbons (Fsp3) is 0.615. The van der Waals surface area contributed by atoms with Crippen molar-refractivity contribution in [1.82, 2.24) is 5.32 Å². The third-order valence-electron chi connectivity index (χ3n) is 3.29. The Kier molecular flexibility index (Phi) is 6.79. The van der Waals surface area contributed by atoms with E-state index in [4.69, 9.17) is 5.73 Å². The number of nitrogens with two attached hydrogens (primary N) is 1. The third-order valence-corrected chi connectivity index (χ3v) is 6.57. The summed E-state index contributed by atoms with van der Waals surface area (Å²) >= 11 is 1.10. The van der Waals surface area contributed by atoms with Gasteiger partial charge >= 0.3 is 0 Å². The Balaban J connectivity index is 2.48. The molecule has 21 heavy (non-hydrogen) atoms. The lowest BCUT2D eigenvalue weighted by Gasteiger charge is -2.19. The molecule has 1 aromatic rings. The van der Waals surface area contributed by atoms with E-state index in [0.717, 1.165) is 17.8 Å². The maximum Gasteiger partial charge on any atom is 0.237 e. The molecule has 0 aliphatic rings. The van der Waals surface area contributed by atoms with Crippen LogP contribution in [0.1, 0.15) is 20.3 Å². The van der Waals surface area contributed by atoms with Crippen LogP contribution < -0.4 is 11.1 Å². The average Bonchev–Trinajstić information content (AvgIpc) is 2.97. The second-order valence-electron chi connectivity index (χ2n) is 5.02. The van der Waals surface area contributed by atoms with Gasteiger partial charge in [0.15, 0.2) is 9.84 Å². The molecule has 0 radical (unpaired) electrons. The molecule has 0 saturated carbocycles. The third kappa shape index (κ3) is 5.39. The summed E-state index contributed by atoms with van der Waals surface area (Å²) < 4.78 is 24.1. The first kappa shape index (κ1) is 18.1. The Labute approximate surface area is 129 Å². The largest absolute Gasteiger partial charge is 0.390 e. The summed E-state index contributed by atoms with van der Waals surface area (Å²) in [5, 5.41) is 13.9. The minimum atomic E-state index is -3.52. The molecule has 120 valence electrons. The smallest absolute Gasteiger partial charge is 0.237 e. The van der Waals surface area contributed by atoms with Crippen LogP contribution in [-0.2, 0) is 14.6 Å². The van der Waals surface area contributed by atoms with Gasteiger partial charge in [0.1, 0.15) is 4.21 Å². The number of amides is 1. The van der Waals surface area contributed by atoms with Crippen LogP contribution in [0, 0.1) is 5.92 Å². The highest BCUT2D eigenvalue weighted by Gasteiger charge is 2.23. The summed E-state index contributed by atoms with van der Waals surface area (Å²) in [7, 11) is -3.52. The van der Waals surface area contributed by atoms with Crippen molar-refractivity contribution in [3.8, 4) is 0 Å². The molecule has 0 aliphatic carbocycles. The van der Waals surface area contributed by atoms with Gasteiger partial charge in [0.2, 0.25) is 5.91 Å². The first-order valence-corrected chi connectivity index (χ1v) is 9.28. The molecule has 0 aromatic carbocycles.